The average molecular weight is 383 g/mol. The smallest absolute Gasteiger partial charge is 0.251 e. The number of para-hydroxylation sites is 1. The van der Waals surface area contributed by atoms with Gasteiger partial charge in [0.15, 0.2) is 0 Å². The molecule has 0 aliphatic rings. The number of carbonyl (C=O) groups excluding carboxylic acids is 2. The molecule has 4 N–H and O–H groups in total. The molecule has 2 amide bonds. The minimum Gasteiger partial charge on any atom is -0.399 e. The van der Waals surface area contributed by atoms with E-state index >= 15 is 0 Å². The molecule has 0 atom stereocenters. The molecule has 0 aliphatic carbocycles. The highest BCUT2D eigenvalue weighted by Crippen LogP contribution is 2.15. The molecule has 0 fully saturated rings. The molecular formula is C22H30N4O2. The van der Waals surface area contributed by atoms with Crippen LogP contribution in [-0.4, -0.2) is 42.9 Å². The summed E-state index contributed by atoms with van der Waals surface area (Å²) < 4.78 is 0. The topological polar surface area (TPSA) is 87.5 Å². The molecule has 6 nitrogen and oxygen atoms in total. The van der Waals surface area contributed by atoms with Crippen molar-refractivity contribution >= 4 is 23.2 Å². The highest BCUT2D eigenvalue weighted by atomic mass is 16.2. The van der Waals surface area contributed by atoms with E-state index in [-0.39, 0.29) is 11.8 Å². The number of nitrogens with zero attached hydrogens (tertiary/aromatic N) is 1. The summed E-state index contributed by atoms with van der Waals surface area (Å²) in [4.78, 5) is 26.8. The van der Waals surface area contributed by atoms with Crippen molar-refractivity contribution in [3.63, 3.8) is 0 Å². The van der Waals surface area contributed by atoms with Crippen molar-refractivity contribution in [3.05, 3.63) is 59.7 Å². The number of nitrogen functional groups attached to an aromatic ring is 1. The highest BCUT2D eigenvalue weighted by molar-refractivity contribution is 5.97. The fourth-order valence-electron chi connectivity index (χ4n) is 2.94. The molecule has 0 spiro atoms. The summed E-state index contributed by atoms with van der Waals surface area (Å²) in [6.45, 7) is 7.53. The van der Waals surface area contributed by atoms with Gasteiger partial charge in [-0.05, 0) is 49.3 Å². The molecule has 0 unspecified atom stereocenters. The number of rotatable bonds is 10. The summed E-state index contributed by atoms with van der Waals surface area (Å²) in [6.07, 6.45) is 0.901. The van der Waals surface area contributed by atoms with Crippen LogP contribution in [0.25, 0.3) is 0 Å². The Morgan fingerprint density at radius 3 is 2.50 bits per heavy atom. The second-order valence-electron chi connectivity index (χ2n) is 6.61. The van der Waals surface area contributed by atoms with Gasteiger partial charge in [0.25, 0.3) is 5.91 Å². The number of anilines is 2. The molecule has 2 aromatic rings. The van der Waals surface area contributed by atoms with E-state index in [4.69, 9.17) is 5.73 Å². The van der Waals surface area contributed by atoms with Crippen LogP contribution in [0.2, 0.25) is 0 Å². The van der Waals surface area contributed by atoms with Crippen LogP contribution in [0, 0.1) is 0 Å². The van der Waals surface area contributed by atoms with Crippen LogP contribution in [0.1, 0.15) is 36.2 Å². The van der Waals surface area contributed by atoms with Crippen molar-refractivity contribution in [2.75, 3.05) is 37.2 Å². The molecule has 2 rings (SSSR count). The number of hydrogen-bond acceptors (Lipinski definition) is 4. The van der Waals surface area contributed by atoms with Crippen LogP contribution >= 0.6 is 0 Å². The summed E-state index contributed by atoms with van der Waals surface area (Å²) >= 11 is 0. The number of likely N-dealkylation sites (N-methyl/N-ethyl adjacent to an activating group) is 1. The molecule has 0 radical (unpaired) electrons. The first-order valence-electron chi connectivity index (χ1n) is 9.77. The lowest BCUT2D eigenvalue weighted by atomic mass is 10.1. The van der Waals surface area contributed by atoms with Gasteiger partial charge < -0.3 is 21.3 Å². The van der Waals surface area contributed by atoms with Gasteiger partial charge in [-0.1, -0.05) is 38.1 Å². The van der Waals surface area contributed by atoms with E-state index in [0.29, 0.717) is 36.3 Å². The van der Waals surface area contributed by atoms with Gasteiger partial charge in [0.05, 0.1) is 0 Å². The van der Waals surface area contributed by atoms with Crippen molar-refractivity contribution in [2.24, 2.45) is 0 Å². The number of nitrogens with two attached hydrogens (primary N) is 1. The molecule has 28 heavy (non-hydrogen) atoms. The van der Waals surface area contributed by atoms with Crippen LogP contribution in [0.4, 0.5) is 11.4 Å². The van der Waals surface area contributed by atoms with Gasteiger partial charge in [-0.3, -0.25) is 9.59 Å². The number of benzene rings is 2. The summed E-state index contributed by atoms with van der Waals surface area (Å²) in [5.74, 6) is -0.248. The monoisotopic (exact) mass is 382 g/mol. The van der Waals surface area contributed by atoms with E-state index in [9.17, 15) is 9.59 Å². The van der Waals surface area contributed by atoms with Gasteiger partial charge in [0.2, 0.25) is 5.91 Å². The lowest BCUT2D eigenvalue weighted by molar-refractivity contribution is -0.116. The van der Waals surface area contributed by atoms with Crippen LogP contribution in [0.3, 0.4) is 0 Å². The van der Waals surface area contributed by atoms with Gasteiger partial charge in [0, 0.05) is 36.4 Å². The fourth-order valence-corrected chi connectivity index (χ4v) is 2.94. The molecule has 150 valence electrons. The van der Waals surface area contributed by atoms with E-state index < -0.39 is 0 Å². The molecule has 0 heterocycles. The number of amides is 2. The third-order valence-electron chi connectivity index (χ3n) is 4.69. The lowest BCUT2D eigenvalue weighted by Crippen LogP contribution is -2.34. The van der Waals surface area contributed by atoms with Gasteiger partial charge in [-0.15, -0.1) is 0 Å². The second kappa shape index (κ2) is 11.1. The fraction of sp³-hybridized carbons (Fsp3) is 0.364. The van der Waals surface area contributed by atoms with Crippen molar-refractivity contribution in [3.8, 4) is 0 Å². The Morgan fingerprint density at radius 1 is 1.04 bits per heavy atom. The molecular weight excluding hydrogens is 352 g/mol. The van der Waals surface area contributed by atoms with Crippen molar-refractivity contribution in [1.82, 2.24) is 10.2 Å². The summed E-state index contributed by atoms with van der Waals surface area (Å²) in [6, 6.07) is 14.5. The van der Waals surface area contributed by atoms with Crippen LogP contribution in [0.15, 0.2) is 48.5 Å². The standard InChI is InChI=1S/C22H30N4O2/c1-3-26(4-2)15-14-24-22(28)18-9-7-10-19(16-18)25-21(27)13-12-17-8-5-6-11-20(17)23/h5-11,16H,3-4,12-15,23H2,1-2H3,(H,24,28)(H,25,27). The van der Waals surface area contributed by atoms with E-state index in [1.807, 2.05) is 24.3 Å². The van der Waals surface area contributed by atoms with Gasteiger partial charge >= 0.3 is 0 Å². The Balaban J connectivity index is 1.85. The Hall–Kier alpha value is -2.86. The average Bonchev–Trinajstić information content (AvgIpc) is 2.70. The minimum absolute atomic E-state index is 0.109. The Labute approximate surface area is 167 Å². The number of carbonyl (C=O) groups is 2. The maximum absolute atomic E-state index is 12.3. The van der Waals surface area contributed by atoms with Crippen LogP contribution in [-0.2, 0) is 11.2 Å². The summed E-state index contributed by atoms with van der Waals surface area (Å²) in [7, 11) is 0. The maximum atomic E-state index is 12.3. The summed E-state index contributed by atoms with van der Waals surface area (Å²) in [5, 5.41) is 5.78. The summed E-state index contributed by atoms with van der Waals surface area (Å²) in [5.41, 5.74) is 8.71. The predicted molar refractivity (Wildman–Crippen MR) is 114 cm³/mol. The van der Waals surface area contributed by atoms with E-state index in [1.165, 1.54) is 0 Å². The Kier molecular flexibility index (Phi) is 8.49. The molecule has 0 aromatic heterocycles. The lowest BCUT2D eigenvalue weighted by Gasteiger charge is -2.18. The molecule has 0 saturated heterocycles. The second-order valence-corrected chi connectivity index (χ2v) is 6.61. The maximum Gasteiger partial charge on any atom is 0.251 e. The van der Waals surface area contributed by atoms with Gasteiger partial charge in [-0.25, -0.2) is 0 Å². The van der Waals surface area contributed by atoms with Gasteiger partial charge in [-0.2, -0.15) is 0 Å². The zero-order valence-electron chi connectivity index (χ0n) is 16.7. The Morgan fingerprint density at radius 2 is 1.79 bits per heavy atom. The molecule has 0 bridgehead atoms. The Bertz CT molecular complexity index is 788. The third-order valence-corrected chi connectivity index (χ3v) is 4.69. The SMILES string of the molecule is CCN(CC)CCNC(=O)c1cccc(NC(=O)CCc2ccccc2N)c1. The molecule has 6 heteroatoms. The first kappa shape index (κ1) is 21.4. The molecule has 2 aromatic carbocycles. The van der Waals surface area contributed by atoms with Crippen LogP contribution in [0.5, 0.6) is 0 Å². The first-order chi connectivity index (χ1) is 13.5. The van der Waals surface area contributed by atoms with E-state index in [2.05, 4.69) is 29.4 Å². The quantitative estimate of drug-likeness (QED) is 0.552. The first-order valence-corrected chi connectivity index (χ1v) is 9.77. The zero-order chi connectivity index (χ0) is 20.4. The van der Waals surface area contributed by atoms with E-state index in [0.717, 1.165) is 25.2 Å². The third kappa shape index (κ3) is 6.70. The normalized spacial score (nSPS) is 10.7. The predicted octanol–water partition coefficient (Wildman–Crippen LogP) is 2.91. The number of nitrogens with one attached hydrogen (secondary N) is 2. The molecule has 0 aliphatic heterocycles. The number of hydrogen-bond donors (Lipinski definition) is 3. The van der Waals surface area contributed by atoms with E-state index in [1.54, 1.807) is 24.3 Å². The van der Waals surface area contributed by atoms with Crippen LogP contribution < -0.4 is 16.4 Å². The highest BCUT2D eigenvalue weighted by Gasteiger charge is 2.09. The zero-order valence-corrected chi connectivity index (χ0v) is 16.7. The molecule has 0 saturated carbocycles. The minimum atomic E-state index is -0.139. The van der Waals surface area contributed by atoms with Gasteiger partial charge in [0.1, 0.15) is 0 Å². The van der Waals surface area contributed by atoms with Crippen molar-refractivity contribution in [2.45, 2.75) is 26.7 Å². The van der Waals surface area contributed by atoms with Crippen molar-refractivity contribution < 1.29 is 9.59 Å². The number of aryl methyl sites for hydroxylation is 1. The largest absolute Gasteiger partial charge is 0.399 e. The van der Waals surface area contributed by atoms with Crippen molar-refractivity contribution in [1.29, 1.82) is 0 Å².